The maximum Gasteiger partial charge on any atom is 0.490 e. The molecule has 0 amide bonds. The van der Waals surface area contributed by atoms with E-state index in [2.05, 4.69) is 67.2 Å². The number of carboxylic acid groups (broad SMARTS) is 1. The topological polar surface area (TPSA) is 109 Å². The Kier molecular flexibility index (Phi) is 8.70. The van der Waals surface area contributed by atoms with Crippen LogP contribution < -0.4 is 4.90 Å². The van der Waals surface area contributed by atoms with Gasteiger partial charge in [0.25, 0.3) is 0 Å². The molecule has 0 atom stereocenters. The number of rotatable bonds is 5. The summed E-state index contributed by atoms with van der Waals surface area (Å²) in [5.74, 6) is -1.33. The number of halogens is 4. The lowest BCUT2D eigenvalue weighted by molar-refractivity contribution is -0.192. The molecule has 220 valence electrons. The number of aromatic nitrogens is 3. The first-order valence-electron chi connectivity index (χ1n) is 13.1. The van der Waals surface area contributed by atoms with Crippen molar-refractivity contribution in [3.63, 3.8) is 0 Å². The molecular weight excluding hydrogens is 584 g/mol. The average Bonchev–Trinajstić information content (AvgIpc) is 3.65. The highest BCUT2D eigenvalue weighted by atomic mass is 32.1. The summed E-state index contributed by atoms with van der Waals surface area (Å²) in [7, 11) is 0. The SMILES string of the molecule is N#Cc1ccc(N2CCN(Cc3ccc(-c4ccc(-c5nc6ccc(F)cc6[nH]5)s4)cc3)CC2)nc1.O=C(O)C(F)(F)F. The summed E-state index contributed by atoms with van der Waals surface area (Å²) in [5, 5.41) is 16.1. The summed E-state index contributed by atoms with van der Waals surface area (Å²) in [6.45, 7) is 4.70. The molecule has 13 heteroatoms. The van der Waals surface area contributed by atoms with Gasteiger partial charge in [-0.15, -0.1) is 11.3 Å². The summed E-state index contributed by atoms with van der Waals surface area (Å²) in [5.41, 5.74) is 4.53. The van der Waals surface area contributed by atoms with Crippen LogP contribution in [-0.4, -0.2) is 63.3 Å². The monoisotopic (exact) mass is 608 g/mol. The Morgan fingerprint density at radius 2 is 1.70 bits per heavy atom. The number of hydrogen-bond acceptors (Lipinski definition) is 7. The van der Waals surface area contributed by atoms with Crippen LogP contribution >= 0.6 is 11.3 Å². The number of aliphatic carboxylic acids is 1. The highest BCUT2D eigenvalue weighted by Crippen LogP contribution is 2.34. The van der Waals surface area contributed by atoms with Crippen LogP contribution in [0.5, 0.6) is 0 Å². The molecule has 0 bridgehead atoms. The Balaban J connectivity index is 0.000000472. The summed E-state index contributed by atoms with van der Waals surface area (Å²) < 4.78 is 45.2. The molecule has 2 N–H and O–H groups in total. The van der Waals surface area contributed by atoms with Crippen molar-refractivity contribution in [2.45, 2.75) is 12.7 Å². The molecule has 1 aliphatic heterocycles. The quantitative estimate of drug-likeness (QED) is 0.225. The van der Waals surface area contributed by atoms with E-state index in [0.29, 0.717) is 11.1 Å². The largest absolute Gasteiger partial charge is 0.490 e. The number of anilines is 1. The Hall–Kier alpha value is -4.80. The van der Waals surface area contributed by atoms with E-state index in [0.717, 1.165) is 54.8 Å². The van der Waals surface area contributed by atoms with Gasteiger partial charge in [-0.2, -0.15) is 18.4 Å². The van der Waals surface area contributed by atoms with Crippen LogP contribution in [0.2, 0.25) is 0 Å². The van der Waals surface area contributed by atoms with Gasteiger partial charge in [0.2, 0.25) is 0 Å². The van der Waals surface area contributed by atoms with Crippen LogP contribution in [0.15, 0.2) is 72.9 Å². The first-order chi connectivity index (χ1) is 20.6. The second-order valence-corrected chi connectivity index (χ2v) is 10.8. The highest BCUT2D eigenvalue weighted by molar-refractivity contribution is 7.18. The molecule has 0 spiro atoms. The Morgan fingerprint density at radius 3 is 2.33 bits per heavy atom. The van der Waals surface area contributed by atoms with E-state index >= 15 is 0 Å². The molecule has 0 radical (unpaired) electrons. The molecule has 1 aliphatic rings. The van der Waals surface area contributed by atoms with Gasteiger partial charge < -0.3 is 15.0 Å². The van der Waals surface area contributed by atoms with Crippen molar-refractivity contribution in [2.75, 3.05) is 31.1 Å². The van der Waals surface area contributed by atoms with E-state index in [1.165, 1.54) is 28.1 Å². The predicted octanol–water partition coefficient (Wildman–Crippen LogP) is 6.32. The Labute approximate surface area is 247 Å². The number of nitrogens with zero attached hydrogens (tertiary/aromatic N) is 5. The fourth-order valence-electron chi connectivity index (χ4n) is 4.53. The van der Waals surface area contributed by atoms with E-state index in [-0.39, 0.29) is 5.82 Å². The first-order valence-corrected chi connectivity index (χ1v) is 13.9. The van der Waals surface area contributed by atoms with Crippen molar-refractivity contribution in [2.24, 2.45) is 0 Å². The third-order valence-corrected chi connectivity index (χ3v) is 7.88. The van der Waals surface area contributed by atoms with E-state index in [9.17, 15) is 17.6 Å². The molecule has 3 aromatic heterocycles. The van der Waals surface area contributed by atoms with Crippen molar-refractivity contribution in [1.82, 2.24) is 19.9 Å². The molecular formula is C30H24F4N6O2S. The first kappa shape index (κ1) is 29.7. The molecule has 5 aromatic rings. The van der Waals surface area contributed by atoms with E-state index in [1.807, 2.05) is 12.1 Å². The van der Waals surface area contributed by atoms with Gasteiger partial charge >= 0.3 is 12.1 Å². The lowest BCUT2D eigenvalue weighted by atomic mass is 10.1. The van der Waals surface area contributed by atoms with E-state index < -0.39 is 12.1 Å². The number of piperazine rings is 1. The van der Waals surface area contributed by atoms with Gasteiger partial charge in [-0.05, 0) is 53.6 Å². The molecule has 2 aromatic carbocycles. The minimum absolute atomic E-state index is 0.269. The van der Waals surface area contributed by atoms with Crippen LogP contribution in [0.25, 0.3) is 32.2 Å². The summed E-state index contributed by atoms with van der Waals surface area (Å²) in [6.07, 6.45) is -3.45. The number of thiophene rings is 1. The number of aromatic amines is 1. The van der Waals surface area contributed by atoms with Gasteiger partial charge in [-0.25, -0.2) is 19.2 Å². The molecule has 0 unspecified atom stereocenters. The molecule has 1 fully saturated rings. The second kappa shape index (κ2) is 12.6. The minimum atomic E-state index is -5.08. The zero-order valence-electron chi connectivity index (χ0n) is 22.5. The molecule has 4 heterocycles. The third-order valence-electron chi connectivity index (χ3n) is 6.74. The van der Waals surface area contributed by atoms with Crippen molar-refractivity contribution >= 4 is 34.2 Å². The number of nitrogens with one attached hydrogen (secondary N) is 1. The molecule has 1 saturated heterocycles. The van der Waals surface area contributed by atoms with Crippen LogP contribution in [0.1, 0.15) is 11.1 Å². The predicted molar refractivity (Wildman–Crippen MR) is 155 cm³/mol. The van der Waals surface area contributed by atoms with Crippen LogP contribution in [0.3, 0.4) is 0 Å². The van der Waals surface area contributed by atoms with Crippen molar-refractivity contribution in [1.29, 1.82) is 5.26 Å². The normalized spacial score (nSPS) is 13.8. The van der Waals surface area contributed by atoms with Crippen LogP contribution in [0, 0.1) is 17.1 Å². The summed E-state index contributed by atoms with van der Waals surface area (Å²) in [6, 6.07) is 23.4. The lowest BCUT2D eigenvalue weighted by Crippen LogP contribution is -2.46. The van der Waals surface area contributed by atoms with E-state index in [4.69, 9.17) is 15.2 Å². The number of benzene rings is 2. The van der Waals surface area contributed by atoms with Crippen molar-refractivity contribution < 1.29 is 27.5 Å². The number of hydrogen-bond donors (Lipinski definition) is 2. The van der Waals surface area contributed by atoms with Crippen molar-refractivity contribution in [3.8, 4) is 27.2 Å². The standard InChI is InChI=1S/C28H23FN6S.C2HF3O2/c29-22-6-7-23-24(15-22)33-28(32-23)26-9-8-25(36-26)21-4-1-19(2-5-21)18-34-11-13-35(14-12-34)27-10-3-20(16-30)17-31-27;3-2(4,5)1(6)7/h1-10,15,17H,11-14,18H2,(H,32,33);(H,6,7). The van der Waals surface area contributed by atoms with Gasteiger partial charge in [-0.1, -0.05) is 24.3 Å². The van der Waals surface area contributed by atoms with Gasteiger partial charge in [0.1, 0.15) is 23.5 Å². The molecule has 6 rings (SSSR count). The summed E-state index contributed by atoms with van der Waals surface area (Å²) in [4.78, 5) is 28.1. The van der Waals surface area contributed by atoms with Crippen LogP contribution in [-0.2, 0) is 11.3 Å². The number of pyridine rings is 1. The van der Waals surface area contributed by atoms with Gasteiger partial charge in [-0.3, -0.25) is 4.90 Å². The molecule has 0 saturated carbocycles. The van der Waals surface area contributed by atoms with Gasteiger partial charge in [0.05, 0.1) is 21.5 Å². The number of nitriles is 1. The van der Waals surface area contributed by atoms with Crippen molar-refractivity contribution in [3.05, 3.63) is 89.9 Å². The molecule has 0 aliphatic carbocycles. The maximum absolute atomic E-state index is 13.5. The van der Waals surface area contributed by atoms with Gasteiger partial charge in [0.15, 0.2) is 0 Å². The average molecular weight is 609 g/mol. The van der Waals surface area contributed by atoms with Crippen LogP contribution in [0.4, 0.5) is 23.4 Å². The fourth-order valence-corrected chi connectivity index (χ4v) is 5.48. The smallest absolute Gasteiger partial charge is 0.475 e. The minimum Gasteiger partial charge on any atom is -0.475 e. The second-order valence-electron chi connectivity index (χ2n) is 9.69. The van der Waals surface area contributed by atoms with Gasteiger partial charge in [0, 0.05) is 43.8 Å². The molecule has 43 heavy (non-hydrogen) atoms. The Morgan fingerprint density at radius 1 is 1.00 bits per heavy atom. The number of H-pyrrole nitrogens is 1. The zero-order valence-corrected chi connectivity index (χ0v) is 23.3. The Bertz CT molecular complexity index is 1750. The third kappa shape index (κ3) is 7.35. The number of alkyl halides is 3. The molecule has 8 nitrogen and oxygen atoms in total. The number of carbonyl (C=O) groups is 1. The number of imidazole rings is 1. The maximum atomic E-state index is 13.5. The zero-order chi connectivity index (χ0) is 30.6. The summed E-state index contributed by atoms with van der Waals surface area (Å²) >= 11 is 1.67. The number of fused-ring (bicyclic) bond motifs is 1. The number of carboxylic acids is 1. The lowest BCUT2D eigenvalue weighted by Gasteiger charge is -2.35. The highest BCUT2D eigenvalue weighted by Gasteiger charge is 2.38. The fraction of sp³-hybridized carbons (Fsp3) is 0.200. The van der Waals surface area contributed by atoms with E-state index in [1.54, 1.807) is 23.6 Å².